The average molecular weight is 270 g/mol. The van der Waals surface area contributed by atoms with Crippen LogP contribution < -0.4 is 4.74 Å². The van der Waals surface area contributed by atoms with E-state index in [2.05, 4.69) is 0 Å². The predicted octanol–water partition coefficient (Wildman–Crippen LogP) is 4.04. The molecule has 0 bridgehead atoms. The standard InChI is InChI=1S/C9H11Cl3OSi/c1-2-9(14(10,11)12)13-8-6-4-3-5-7-8/h3-7,9H,2H2,1H3. The Hall–Kier alpha value is 0.107. The summed E-state index contributed by atoms with van der Waals surface area (Å²) in [6, 6.07) is 6.63. The van der Waals surface area contributed by atoms with Gasteiger partial charge in [-0.25, -0.2) is 0 Å². The van der Waals surface area contributed by atoms with Crippen LogP contribution in [-0.2, 0) is 0 Å². The van der Waals surface area contributed by atoms with Crippen molar-refractivity contribution in [2.45, 2.75) is 19.1 Å². The second-order valence-electron chi connectivity index (χ2n) is 2.87. The van der Waals surface area contributed by atoms with Gasteiger partial charge in [-0.2, -0.15) is 0 Å². The van der Waals surface area contributed by atoms with Gasteiger partial charge in [-0.05, 0) is 18.6 Å². The van der Waals surface area contributed by atoms with Crippen molar-refractivity contribution in [3.63, 3.8) is 0 Å². The van der Waals surface area contributed by atoms with Gasteiger partial charge >= 0.3 is 6.00 Å². The molecule has 1 atom stereocenters. The van der Waals surface area contributed by atoms with Crippen molar-refractivity contribution in [1.29, 1.82) is 0 Å². The van der Waals surface area contributed by atoms with E-state index in [1.807, 2.05) is 37.3 Å². The Balaban J connectivity index is 2.67. The average Bonchev–Trinajstić information content (AvgIpc) is 2.14. The molecule has 0 saturated carbocycles. The molecule has 0 N–H and O–H groups in total. The van der Waals surface area contributed by atoms with E-state index >= 15 is 0 Å². The first-order chi connectivity index (χ1) is 6.54. The van der Waals surface area contributed by atoms with E-state index in [1.165, 1.54) is 0 Å². The summed E-state index contributed by atoms with van der Waals surface area (Å²) in [6.45, 7) is 1.95. The monoisotopic (exact) mass is 268 g/mol. The molecule has 1 aromatic rings. The van der Waals surface area contributed by atoms with Crippen molar-refractivity contribution in [2.75, 3.05) is 0 Å². The summed E-state index contributed by atoms with van der Waals surface area (Å²) in [5.41, 5.74) is -0.283. The van der Waals surface area contributed by atoms with E-state index < -0.39 is 6.00 Å². The van der Waals surface area contributed by atoms with Gasteiger partial charge in [0, 0.05) is 0 Å². The van der Waals surface area contributed by atoms with E-state index in [0.29, 0.717) is 6.42 Å². The fraction of sp³-hybridized carbons (Fsp3) is 0.333. The lowest BCUT2D eigenvalue weighted by molar-refractivity contribution is 0.272. The molecule has 5 heteroatoms. The Morgan fingerprint density at radius 3 is 2.21 bits per heavy atom. The lowest BCUT2D eigenvalue weighted by atomic mass is 10.3. The van der Waals surface area contributed by atoms with E-state index in [0.717, 1.165) is 5.75 Å². The predicted molar refractivity (Wildman–Crippen MR) is 64.5 cm³/mol. The van der Waals surface area contributed by atoms with Gasteiger partial charge in [0.05, 0.1) is 0 Å². The molecular weight excluding hydrogens is 259 g/mol. The van der Waals surface area contributed by atoms with E-state index in [-0.39, 0.29) is 5.73 Å². The number of ether oxygens (including phenoxy) is 1. The van der Waals surface area contributed by atoms with Gasteiger partial charge in [0.15, 0.2) is 0 Å². The van der Waals surface area contributed by atoms with Crippen LogP contribution in [0.2, 0.25) is 0 Å². The van der Waals surface area contributed by atoms with E-state index in [4.69, 9.17) is 38.0 Å². The van der Waals surface area contributed by atoms with Crippen LogP contribution in [0.3, 0.4) is 0 Å². The highest BCUT2D eigenvalue weighted by Crippen LogP contribution is 2.29. The van der Waals surface area contributed by atoms with Crippen LogP contribution in [0.5, 0.6) is 5.75 Å². The van der Waals surface area contributed by atoms with Crippen molar-refractivity contribution in [3.8, 4) is 5.75 Å². The van der Waals surface area contributed by atoms with Gasteiger partial charge in [-0.1, -0.05) is 25.1 Å². The fourth-order valence-corrected chi connectivity index (χ4v) is 3.57. The molecule has 1 unspecified atom stereocenters. The summed E-state index contributed by atoms with van der Waals surface area (Å²) in [6.07, 6.45) is 0.706. The molecule has 0 heterocycles. The Bertz CT molecular complexity index is 273. The summed E-state index contributed by atoms with van der Waals surface area (Å²) in [7, 11) is 0. The van der Waals surface area contributed by atoms with Crippen LogP contribution in [0.25, 0.3) is 0 Å². The van der Waals surface area contributed by atoms with Gasteiger partial charge in [-0.3, -0.25) is 0 Å². The maximum Gasteiger partial charge on any atom is 0.381 e. The summed E-state index contributed by atoms with van der Waals surface area (Å²) < 4.78 is 5.59. The Kier molecular flexibility index (Phi) is 4.58. The van der Waals surface area contributed by atoms with Crippen molar-refractivity contribution >= 4 is 39.2 Å². The third kappa shape index (κ3) is 3.69. The van der Waals surface area contributed by atoms with Gasteiger partial charge in [-0.15, -0.1) is 33.2 Å². The van der Waals surface area contributed by atoms with Crippen LogP contribution >= 0.6 is 33.2 Å². The number of rotatable bonds is 4. The zero-order valence-corrected chi connectivity index (χ0v) is 11.0. The lowest BCUT2D eigenvalue weighted by Gasteiger charge is -2.22. The summed E-state index contributed by atoms with van der Waals surface area (Å²) >= 11 is 17.7. The molecule has 0 amide bonds. The number of halogens is 3. The molecule has 0 fully saturated rings. The molecule has 14 heavy (non-hydrogen) atoms. The van der Waals surface area contributed by atoms with Crippen molar-refractivity contribution in [3.05, 3.63) is 30.3 Å². The molecule has 0 aliphatic carbocycles. The lowest BCUT2D eigenvalue weighted by Crippen LogP contribution is -2.36. The van der Waals surface area contributed by atoms with Crippen molar-refractivity contribution in [2.24, 2.45) is 0 Å². The molecule has 1 aromatic carbocycles. The molecule has 0 aliphatic heterocycles. The zero-order valence-electron chi connectivity index (χ0n) is 7.71. The van der Waals surface area contributed by atoms with Crippen LogP contribution in [0.15, 0.2) is 30.3 Å². The highest BCUT2D eigenvalue weighted by atomic mass is 35.8. The van der Waals surface area contributed by atoms with Crippen LogP contribution in [0.4, 0.5) is 0 Å². The minimum atomic E-state index is -2.77. The first kappa shape index (κ1) is 12.2. The second-order valence-corrected chi connectivity index (χ2v) is 11.7. The van der Waals surface area contributed by atoms with Gasteiger partial charge in [0.25, 0.3) is 0 Å². The Labute approximate surface area is 99.0 Å². The van der Waals surface area contributed by atoms with E-state index in [1.54, 1.807) is 0 Å². The fourth-order valence-electron chi connectivity index (χ4n) is 1.04. The molecule has 1 nitrogen and oxygen atoms in total. The molecule has 0 radical (unpaired) electrons. The third-order valence-corrected chi connectivity index (χ3v) is 5.20. The molecule has 0 aromatic heterocycles. The first-order valence-electron chi connectivity index (χ1n) is 4.32. The highest BCUT2D eigenvalue weighted by molar-refractivity contribution is 7.65. The van der Waals surface area contributed by atoms with Gasteiger partial charge in [0.2, 0.25) is 0 Å². The molecule has 0 saturated heterocycles. The summed E-state index contributed by atoms with van der Waals surface area (Å²) in [5.74, 6) is 0.748. The van der Waals surface area contributed by atoms with Crippen LogP contribution in [0, 0.1) is 0 Å². The smallest absolute Gasteiger partial charge is 0.381 e. The second kappa shape index (κ2) is 5.26. The normalized spacial score (nSPS) is 13.7. The molecule has 78 valence electrons. The number of hydrogen-bond donors (Lipinski definition) is 0. The maximum absolute atomic E-state index is 5.89. The molecular formula is C9H11Cl3OSi. The zero-order chi connectivity index (χ0) is 10.6. The highest BCUT2D eigenvalue weighted by Gasteiger charge is 2.37. The number of benzene rings is 1. The molecule has 0 spiro atoms. The van der Waals surface area contributed by atoms with Crippen molar-refractivity contribution < 1.29 is 4.74 Å². The van der Waals surface area contributed by atoms with Gasteiger partial charge in [0.1, 0.15) is 11.5 Å². The largest absolute Gasteiger partial charge is 0.490 e. The van der Waals surface area contributed by atoms with Gasteiger partial charge < -0.3 is 4.74 Å². The van der Waals surface area contributed by atoms with Crippen molar-refractivity contribution in [1.82, 2.24) is 0 Å². The quantitative estimate of drug-likeness (QED) is 0.592. The topological polar surface area (TPSA) is 9.23 Å². The van der Waals surface area contributed by atoms with E-state index in [9.17, 15) is 0 Å². The summed E-state index contributed by atoms with van der Waals surface area (Å²) in [5, 5.41) is 0. The molecule has 1 rings (SSSR count). The first-order valence-corrected chi connectivity index (χ1v) is 9.43. The number of para-hydroxylation sites is 1. The maximum atomic E-state index is 5.89. The number of hydrogen-bond acceptors (Lipinski definition) is 1. The van der Waals surface area contributed by atoms with Crippen LogP contribution in [-0.4, -0.2) is 11.7 Å². The Morgan fingerprint density at radius 2 is 1.79 bits per heavy atom. The van der Waals surface area contributed by atoms with Crippen LogP contribution in [0.1, 0.15) is 13.3 Å². The minimum Gasteiger partial charge on any atom is -0.490 e. The summed E-state index contributed by atoms with van der Waals surface area (Å²) in [4.78, 5) is 0. The Morgan fingerprint density at radius 1 is 1.21 bits per heavy atom. The molecule has 0 aliphatic rings. The SMILES string of the molecule is CCC(Oc1ccccc1)[Si](Cl)(Cl)Cl. The minimum absolute atomic E-state index is 0.283. The third-order valence-electron chi connectivity index (χ3n) is 1.76.